The molecule has 0 amide bonds. The van der Waals surface area contributed by atoms with Crippen LogP contribution in [0.1, 0.15) is 31.1 Å². The van der Waals surface area contributed by atoms with E-state index in [9.17, 15) is 9.59 Å². The summed E-state index contributed by atoms with van der Waals surface area (Å²) in [5.41, 5.74) is 1.71. The van der Waals surface area contributed by atoms with Crippen molar-refractivity contribution in [1.82, 2.24) is 0 Å². The Morgan fingerprint density at radius 3 is 2.09 bits per heavy atom. The largest absolute Gasteiger partial charge is 0.478 e. The van der Waals surface area contributed by atoms with Crippen molar-refractivity contribution in [2.24, 2.45) is 5.41 Å². The summed E-state index contributed by atoms with van der Waals surface area (Å²) < 4.78 is 0. The molecule has 0 heterocycles. The summed E-state index contributed by atoms with van der Waals surface area (Å²) in [5.74, 6) is -1.00. The van der Waals surface area contributed by atoms with Crippen LogP contribution in [0.3, 0.4) is 0 Å². The maximum absolute atomic E-state index is 12.6. The SMILES string of the molecule is CC(C=CC(=O)O)=CC(C)(C)C(=O)c1ccc(N(C)C)cc1. The van der Waals surface area contributed by atoms with Crippen molar-refractivity contribution in [1.29, 1.82) is 0 Å². The van der Waals surface area contributed by atoms with Gasteiger partial charge in [-0.05, 0) is 45.0 Å². The van der Waals surface area contributed by atoms with Gasteiger partial charge in [0.15, 0.2) is 5.78 Å². The van der Waals surface area contributed by atoms with Crippen LogP contribution < -0.4 is 4.90 Å². The molecule has 0 aliphatic carbocycles. The Hall–Kier alpha value is -2.36. The van der Waals surface area contributed by atoms with Crippen molar-refractivity contribution >= 4 is 17.4 Å². The van der Waals surface area contributed by atoms with Crippen molar-refractivity contribution in [2.75, 3.05) is 19.0 Å². The number of carboxylic acid groups (broad SMARTS) is 1. The normalized spacial score (nSPS) is 12.5. The van der Waals surface area contributed by atoms with E-state index in [1.54, 1.807) is 13.0 Å². The van der Waals surface area contributed by atoms with Crippen LogP contribution >= 0.6 is 0 Å². The van der Waals surface area contributed by atoms with Gasteiger partial charge in [0.25, 0.3) is 0 Å². The van der Waals surface area contributed by atoms with E-state index in [-0.39, 0.29) is 5.78 Å². The second-order valence-electron chi connectivity index (χ2n) is 6.05. The predicted octanol–water partition coefficient (Wildman–Crippen LogP) is 3.55. The zero-order valence-electron chi connectivity index (χ0n) is 13.8. The molecule has 0 bridgehead atoms. The number of nitrogens with zero attached hydrogens (tertiary/aromatic N) is 1. The van der Waals surface area contributed by atoms with Crippen LogP contribution in [0.25, 0.3) is 0 Å². The molecular formula is C18H23NO3. The van der Waals surface area contributed by atoms with E-state index in [4.69, 9.17) is 5.11 Å². The van der Waals surface area contributed by atoms with Crippen LogP contribution in [0.4, 0.5) is 5.69 Å². The summed E-state index contributed by atoms with van der Waals surface area (Å²) in [6.45, 7) is 5.43. The summed E-state index contributed by atoms with van der Waals surface area (Å²) in [4.78, 5) is 25.1. The van der Waals surface area contributed by atoms with Crippen molar-refractivity contribution in [3.8, 4) is 0 Å². The lowest BCUT2D eigenvalue weighted by Crippen LogP contribution is -2.22. The molecule has 4 heteroatoms. The molecule has 0 atom stereocenters. The number of rotatable bonds is 6. The minimum absolute atomic E-state index is 0.000816. The molecule has 0 aliphatic rings. The molecule has 118 valence electrons. The van der Waals surface area contributed by atoms with Gasteiger partial charge in [0.1, 0.15) is 0 Å². The van der Waals surface area contributed by atoms with Gasteiger partial charge in [-0.1, -0.05) is 17.7 Å². The zero-order chi connectivity index (χ0) is 16.9. The summed E-state index contributed by atoms with van der Waals surface area (Å²) >= 11 is 0. The molecule has 22 heavy (non-hydrogen) atoms. The van der Waals surface area contributed by atoms with E-state index in [1.807, 2.05) is 57.1 Å². The molecule has 0 aromatic heterocycles. The quantitative estimate of drug-likeness (QED) is 0.496. The fraction of sp³-hybridized carbons (Fsp3) is 0.333. The Morgan fingerprint density at radius 1 is 1.09 bits per heavy atom. The standard InChI is InChI=1S/C18H23NO3/c1-13(6-11-16(20)21)12-18(2,3)17(22)14-7-9-15(10-8-14)19(4)5/h6-12H,1-5H3,(H,20,21). The van der Waals surface area contributed by atoms with Crippen molar-refractivity contribution < 1.29 is 14.7 Å². The van der Waals surface area contributed by atoms with E-state index in [1.165, 1.54) is 6.08 Å². The first-order valence-corrected chi connectivity index (χ1v) is 7.06. The predicted molar refractivity (Wildman–Crippen MR) is 89.4 cm³/mol. The molecule has 4 nitrogen and oxygen atoms in total. The smallest absolute Gasteiger partial charge is 0.328 e. The third-order valence-electron chi connectivity index (χ3n) is 3.31. The number of benzene rings is 1. The van der Waals surface area contributed by atoms with Gasteiger partial charge in [-0.2, -0.15) is 0 Å². The highest BCUT2D eigenvalue weighted by Crippen LogP contribution is 2.26. The average Bonchev–Trinajstić information content (AvgIpc) is 2.44. The molecule has 1 rings (SSSR count). The number of carbonyl (C=O) groups excluding carboxylic acids is 1. The summed E-state index contributed by atoms with van der Waals surface area (Å²) in [7, 11) is 3.89. The van der Waals surface area contributed by atoms with Crippen molar-refractivity contribution in [3.05, 3.63) is 53.6 Å². The molecule has 0 fully saturated rings. The molecule has 0 saturated heterocycles. The highest BCUT2D eigenvalue weighted by molar-refractivity contribution is 6.01. The Kier molecular flexibility index (Phi) is 5.69. The van der Waals surface area contributed by atoms with Gasteiger partial charge < -0.3 is 10.0 Å². The number of Topliss-reactive ketones (excluding diaryl/α,β-unsaturated/α-hetero) is 1. The van der Waals surface area contributed by atoms with E-state index in [0.29, 0.717) is 5.56 Å². The van der Waals surface area contributed by atoms with E-state index >= 15 is 0 Å². The van der Waals surface area contributed by atoms with Gasteiger partial charge >= 0.3 is 5.97 Å². The Bertz CT molecular complexity index is 608. The molecule has 0 saturated carbocycles. The van der Waals surface area contributed by atoms with Crippen LogP contribution in [0, 0.1) is 5.41 Å². The first kappa shape index (κ1) is 17.7. The number of allylic oxidation sites excluding steroid dienone is 3. The number of carboxylic acids is 1. The van der Waals surface area contributed by atoms with Crippen molar-refractivity contribution in [2.45, 2.75) is 20.8 Å². The Morgan fingerprint density at radius 2 is 1.64 bits per heavy atom. The lowest BCUT2D eigenvalue weighted by atomic mass is 9.82. The number of carbonyl (C=O) groups is 2. The molecule has 0 spiro atoms. The number of ketones is 1. The Balaban J connectivity index is 2.99. The summed E-state index contributed by atoms with van der Waals surface area (Å²) in [5, 5.41) is 8.63. The summed E-state index contributed by atoms with van der Waals surface area (Å²) in [6, 6.07) is 7.44. The van der Waals surface area contributed by atoms with Gasteiger partial charge in [0, 0.05) is 36.8 Å². The van der Waals surface area contributed by atoms with E-state index in [2.05, 4.69) is 0 Å². The van der Waals surface area contributed by atoms with Gasteiger partial charge in [-0.25, -0.2) is 4.79 Å². The maximum atomic E-state index is 12.6. The van der Waals surface area contributed by atoms with Crippen LogP contribution in [0.5, 0.6) is 0 Å². The topological polar surface area (TPSA) is 57.6 Å². The minimum atomic E-state index is -1.00. The van der Waals surface area contributed by atoms with E-state index in [0.717, 1.165) is 17.3 Å². The molecular weight excluding hydrogens is 278 g/mol. The van der Waals surface area contributed by atoms with Gasteiger partial charge in [-0.3, -0.25) is 4.79 Å². The zero-order valence-corrected chi connectivity index (χ0v) is 13.8. The third kappa shape index (κ3) is 4.88. The highest BCUT2D eigenvalue weighted by atomic mass is 16.4. The molecule has 0 aliphatic heterocycles. The Labute approximate surface area is 131 Å². The summed E-state index contributed by atoms with van der Waals surface area (Å²) in [6.07, 6.45) is 4.35. The molecule has 0 unspecified atom stereocenters. The number of hydrogen-bond acceptors (Lipinski definition) is 3. The lowest BCUT2D eigenvalue weighted by Gasteiger charge is -2.20. The lowest BCUT2D eigenvalue weighted by molar-refractivity contribution is -0.131. The van der Waals surface area contributed by atoms with Gasteiger partial charge in [-0.15, -0.1) is 0 Å². The van der Waals surface area contributed by atoms with Crippen molar-refractivity contribution in [3.63, 3.8) is 0 Å². The minimum Gasteiger partial charge on any atom is -0.478 e. The average molecular weight is 301 g/mol. The first-order chi connectivity index (χ1) is 10.1. The van der Waals surface area contributed by atoms with Crippen LogP contribution in [-0.4, -0.2) is 31.0 Å². The van der Waals surface area contributed by atoms with Crippen LogP contribution in [0.2, 0.25) is 0 Å². The second kappa shape index (κ2) is 7.07. The maximum Gasteiger partial charge on any atom is 0.328 e. The highest BCUT2D eigenvalue weighted by Gasteiger charge is 2.26. The first-order valence-electron chi connectivity index (χ1n) is 7.06. The van der Waals surface area contributed by atoms with Gasteiger partial charge in [0.2, 0.25) is 0 Å². The molecule has 1 aromatic carbocycles. The van der Waals surface area contributed by atoms with Gasteiger partial charge in [0.05, 0.1) is 0 Å². The van der Waals surface area contributed by atoms with Crippen LogP contribution in [-0.2, 0) is 4.79 Å². The second-order valence-corrected chi connectivity index (χ2v) is 6.05. The molecule has 0 radical (unpaired) electrons. The number of hydrogen-bond donors (Lipinski definition) is 1. The monoisotopic (exact) mass is 301 g/mol. The number of aliphatic carboxylic acids is 1. The van der Waals surface area contributed by atoms with Crippen LogP contribution in [0.15, 0.2) is 48.1 Å². The van der Waals surface area contributed by atoms with E-state index < -0.39 is 11.4 Å². The fourth-order valence-corrected chi connectivity index (χ4v) is 2.17. The third-order valence-corrected chi connectivity index (χ3v) is 3.31. The number of anilines is 1. The fourth-order valence-electron chi connectivity index (χ4n) is 2.17. The molecule has 1 N–H and O–H groups in total. The molecule has 1 aromatic rings.